The number of thiazole rings is 1. The molecule has 0 radical (unpaired) electrons. The quantitative estimate of drug-likeness (QED) is 0.925. The van der Waals surface area contributed by atoms with Crippen molar-refractivity contribution in [3.8, 4) is 0 Å². The summed E-state index contributed by atoms with van der Waals surface area (Å²) >= 11 is 1.34. The second kappa shape index (κ2) is 5.69. The van der Waals surface area contributed by atoms with E-state index in [0.717, 1.165) is 30.3 Å². The fourth-order valence-electron chi connectivity index (χ4n) is 3.26. The molecule has 2 aliphatic heterocycles. The van der Waals surface area contributed by atoms with Crippen molar-refractivity contribution in [3.05, 3.63) is 10.6 Å². The lowest BCUT2D eigenvalue weighted by molar-refractivity contribution is 0.0701. The standard InChI is InChI=1S/C14H21N3O2S/c1-2-11-12(13(18)19)20-14(15-11)17-8-4-7-16-6-3-5-10(16)9-17/h10H,2-9H2,1H3,(H,18,19). The summed E-state index contributed by atoms with van der Waals surface area (Å²) in [6.07, 6.45) is 4.37. The topological polar surface area (TPSA) is 56.7 Å². The molecule has 110 valence electrons. The summed E-state index contributed by atoms with van der Waals surface area (Å²) < 4.78 is 0. The Labute approximate surface area is 123 Å². The highest BCUT2D eigenvalue weighted by atomic mass is 32.1. The molecule has 1 aromatic rings. The Hall–Kier alpha value is -1.14. The van der Waals surface area contributed by atoms with E-state index in [4.69, 9.17) is 0 Å². The Kier molecular flexibility index (Phi) is 3.94. The van der Waals surface area contributed by atoms with Gasteiger partial charge in [-0.2, -0.15) is 0 Å². The molecule has 2 saturated heterocycles. The van der Waals surface area contributed by atoms with E-state index in [0.29, 0.717) is 17.3 Å². The number of aromatic nitrogens is 1. The van der Waals surface area contributed by atoms with Crippen LogP contribution in [0.2, 0.25) is 0 Å². The number of carboxylic acids is 1. The van der Waals surface area contributed by atoms with E-state index >= 15 is 0 Å². The highest BCUT2D eigenvalue weighted by molar-refractivity contribution is 7.17. The van der Waals surface area contributed by atoms with Gasteiger partial charge < -0.3 is 10.0 Å². The van der Waals surface area contributed by atoms with Gasteiger partial charge in [0.25, 0.3) is 0 Å². The van der Waals surface area contributed by atoms with Gasteiger partial charge in [0.15, 0.2) is 5.13 Å². The number of aromatic carboxylic acids is 1. The molecule has 0 aliphatic carbocycles. The number of carbonyl (C=O) groups is 1. The molecule has 20 heavy (non-hydrogen) atoms. The van der Waals surface area contributed by atoms with Crippen molar-refractivity contribution in [2.24, 2.45) is 0 Å². The van der Waals surface area contributed by atoms with Crippen molar-refractivity contribution in [1.29, 1.82) is 0 Å². The third-order valence-corrected chi connectivity index (χ3v) is 5.44. The number of hydrogen-bond donors (Lipinski definition) is 1. The number of rotatable bonds is 3. The predicted molar refractivity (Wildman–Crippen MR) is 79.9 cm³/mol. The lowest BCUT2D eigenvalue weighted by Gasteiger charge is -2.25. The van der Waals surface area contributed by atoms with Gasteiger partial charge in [-0.3, -0.25) is 4.90 Å². The van der Waals surface area contributed by atoms with Gasteiger partial charge in [0.05, 0.1) is 5.69 Å². The average Bonchev–Trinajstić information content (AvgIpc) is 3.00. The Bertz CT molecular complexity index is 503. The summed E-state index contributed by atoms with van der Waals surface area (Å²) in [5.41, 5.74) is 0.727. The lowest BCUT2D eigenvalue weighted by atomic mass is 10.2. The number of nitrogens with zero attached hydrogens (tertiary/aromatic N) is 3. The van der Waals surface area contributed by atoms with Crippen molar-refractivity contribution < 1.29 is 9.90 Å². The number of hydrogen-bond acceptors (Lipinski definition) is 5. The minimum atomic E-state index is -0.845. The molecular weight excluding hydrogens is 274 g/mol. The lowest BCUT2D eigenvalue weighted by Crippen LogP contribution is -2.36. The first-order chi connectivity index (χ1) is 9.69. The largest absolute Gasteiger partial charge is 0.477 e. The Morgan fingerprint density at radius 2 is 2.20 bits per heavy atom. The molecule has 0 spiro atoms. The van der Waals surface area contributed by atoms with Crippen LogP contribution in [0.25, 0.3) is 0 Å². The smallest absolute Gasteiger partial charge is 0.347 e. The van der Waals surface area contributed by atoms with E-state index in [1.807, 2.05) is 6.92 Å². The number of anilines is 1. The van der Waals surface area contributed by atoms with Crippen molar-refractivity contribution in [1.82, 2.24) is 9.88 Å². The molecule has 1 atom stereocenters. The van der Waals surface area contributed by atoms with Crippen LogP contribution in [0.1, 0.15) is 41.6 Å². The van der Waals surface area contributed by atoms with Crippen LogP contribution in [0.4, 0.5) is 5.13 Å². The predicted octanol–water partition coefficient (Wildman–Crippen LogP) is 2.08. The minimum Gasteiger partial charge on any atom is -0.477 e. The van der Waals surface area contributed by atoms with E-state index in [1.54, 1.807) is 0 Å². The zero-order valence-corrected chi connectivity index (χ0v) is 12.7. The molecule has 0 bridgehead atoms. The van der Waals surface area contributed by atoms with Gasteiger partial charge in [-0.1, -0.05) is 18.3 Å². The molecule has 3 heterocycles. The molecule has 3 rings (SSSR count). The normalized spacial score (nSPS) is 23.6. The van der Waals surface area contributed by atoms with Crippen LogP contribution >= 0.6 is 11.3 Å². The molecule has 6 heteroatoms. The molecule has 0 aromatic carbocycles. The van der Waals surface area contributed by atoms with Gasteiger partial charge in [0.2, 0.25) is 0 Å². The van der Waals surface area contributed by atoms with Crippen LogP contribution in [0, 0.1) is 0 Å². The third-order valence-electron chi connectivity index (χ3n) is 4.29. The first-order valence-corrected chi connectivity index (χ1v) is 8.22. The maximum absolute atomic E-state index is 11.3. The van der Waals surface area contributed by atoms with Gasteiger partial charge in [-0.05, 0) is 32.2 Å². The van der Waals surface area contributed by atoms with E-state index in [2.05, 4.69) is 14.8 Å². The van der Waals surface area contributed by atoms with Gasteiger partial charge >= 0.3 is 5.97 Å². The third kappa shape index (κ3) is 2.54. The highest BCUT2D eigenvalue weighted by Crippen LogP contribution is 2.30. The van der Waals surface area contributed by atoms with E-state index in [-0.39, 0.29) is 0 Å². The Morgan fingerprint density at radius 1 is 1.40 bits per heavy atom. The first kappa shape index (κ1) is 13.8. The van der Waals surface area contributed by atoms with Crippen LogP contribution in [0.5, 0.6) is 0 Å². The molecule has 1 unspecified atom stereocenters. The fraction of sp³-hybridized carbons (Fsp3) is 0.714. The maximum atomic E-state index is 11.3. The minimum absolute atomic E-state index is 0.412. The van der Waals surface area contributed by atoms with Gasteiger partial charge in [0, 0.05) is 25.7 Å². The second-order valence-electron chi connectivity index (χ2n) is 5.56. The van der Waals surface area contributed by atoms with Crippen molar-refractivity contribution in [2.75, 3.05) is 31.1 Å². The monoisotopic (exact) mass is 295 g/mol. The molecule has 5 nitrogen and oxygen atoms in total. The zero-order valence-electron chi connectivity index (χ0n) is 11.8. The van der Waals surface area contributed by atoms with Gasteiger partial charge in [0.1, 0.15) is 4.88 Å². The van der Waals surface area contributed by atoms with Crippen LogP contribution in [-0.4, -0.2) is 53.2 Å². The average molecular weight is 295 g/mol. The van der Waals surface area contributed by atoms with Crippen LogP contribution in [0.3, 0.4) is 0 Å². The molecule has 0 saturated carbocycles. The number of carboxylic acid groups (broad SMARTS) is 1. The van der Waals surface area contributed by atoms with Crippen molar-refractivity contribution >= 4 is 22.4 Å². The summed E-state index contributed by atoms with van der Waals surface area (Å²) in [5.74, 6) is -0.845. The molecule has 2 fully saturated rings. The second-order valence-corrected chi connectivity index (χ2v) is 6.54. The summed E-state index contributed by atoms with van der Waals surface area (Å²) in [7, 11) is 0. The summed E-state index contributed by atoms with van der Waals surface area (Å²) in [5, 5.41) is 10.2. The van der Waals surface area contributed by atoms with Crippen LogP contribution in [0.15, 0.2) is 0 Å². The Balaban J connectivity index is 1.82. The van der Waals surface area contributed by atoms with E-state index < -0.39 is 5.97 Å². The van der Waals surface area contributed by atoms with Crippen LogP contribution < -0.4 is 4.90 Å². The van der Waals surface area contributed by atoms with Crippen LogP contribution in [-0.2, 0) is 6.42 Å². The van der Waals surface area contributed by atoms with Gasteiger partial charge in [-0.15, -0.1) is 0 Å². The number of fused-ring (bicyclic) bond motifs is 1. The summed E-state index contributed by atoms with van der Waals surface area (Å²) in [4.78, 5) is 21.1. The van der Waals surface area contributed by atoms with Crippen molar-refractivity contribution in [3.63, 3.8) is 0 Å². The van der Waals surface area contributed by atoms with E-state index in [1.165, 1.54) is 37.3 Å². The molecular formula is C14H21N3O2S. The molecule has 2 aliphatic rings. The SMILES string of the molecule is CCc1nc(N2CCCN3CCCC3C2)sc1C(=O)O. The highest BCUT2D eigenvalue weighted by Gasteiger charge is 2.30. The fourth-order valence-corrected chi connectivity index (χ4v) is 4.29. The maximum Gasteiger partial charge on any atom is 0.347 e. The summed E-state index contributed by atoms with van der Waals surface area (Å²) in [6.45, 7) is 6.33. The molecule has 0 amide bonds. The molecule has 1 aromatic heterocycles. The van der Waals surface area contributed by atoms with Crippen molar-refractivity contribution in [2.45, 2.75) is 38.6 Å². The van der Waals surface area contributed by atoms with E-state index in [9.17, 15) is 9.90 Å². The zero-order chi connectivity index (χ0) is 14.1. The first-order valence-electron chi connectivity index (χ1n) is 7.41. The summed E-state index contributed by atoms with van der Waals surface area (Å²) in [6, 6.07) is 0.625. The number of aryl methyl sites for hydroxylation is 1. The Morgan fingerprint density at radius 3 is 2.90 bits per heavy atom. The molecule has 1 N–H and O–H groups in total. The van der Waals surface area contributed by atoms with Gasteiger partial charge in [-0.25, -0.2) is 9.78 Å².